The molecule has 0 N–H and O–H groups in total. The Morgan fingerprint density at radius 1 is 1.46 bits per heavy atom. The Balaban J connectivity index is 4.15. The average molecular weight is 196 g/mol. The summed E-state index contributed by atoms with van der Waals surface area (Å²) < 4.78 is 39.8. The lowest BCUT2D eigenvalue weighted by molar-refractivity contribution is -0.165. The van der Waals surface area contributed by atoms with E-state index in [2.05, 4.69) is 0 Å². The summed E-state index contributed by atoms with van der Waals surface area (Å²) in [6.07, 6.45) is -3.67. The zero-order valence-electron chi connectivity index (χ0n) is 7.44. The van der Waals surface area contributed by atoms with Gasteiger partial charge < -0.3 is 4.74 Å². The predicted molar refractivity (Wildman–Crippen MR) is 41.1 cm³/mol. The highest BCUT2D eigenvalue weighted by Gasteiger charge is 2.36. The molecule has 0 aliphatic carbocycles. The van der Waals surface area contributed by atoms with Crippen LogP contribution in [0.15, 0.2) is 11.8 Å². The van der Waals surface area contributed by atoms with Gasteiger partial charge in [0.2, 0.25) is 0 Å². The molecule has 0 aromatic heterocycles. The topological polar surface area (TPSA) is 26.3 Å². The second kappa shape index (κ2) is 4.89. The molecular weight excluding hydrogens is 185 g/mol. The third kappa shape index (κ3) is 5.27. The molecule has 0 amide bonds. The lowest BCUT2D eigenvalue weighted by atomic mass is 10.3. The summed E-state index contributed by atoms with van der Waals surface area (Å²) in [6, 6.07) is 0. The molecule has 0 aliphatic rings. The SMILES string of the molecule is CCCOC(C)=CC(=O)C(F)(F)F. The van der Waals surface area contributed by atoms with Crippen LogP contribution in [0.25, 0.3) is 0 Å². The van der Waals surface area contributed by atoms with Crippen LogP contribution < -0.4 is 0 Å². The van der Waals surface area contributed by atoms with Crippen molar-refractivity contribution in [2.45, 2.75) is 26.4 Å². The van der Waals surface area contributed by atoms with E-state index in [4.69, 9.17) is 4.74 Å². The molecule has 0 heterocycles. The first-order valence-corrected chi connectivity index (χ1v) is 3.80. The zero-order chi connectivity index (χ0) is 10.5. The number of ether oxygens (including phenoxy) is 1. The molecule has 0 saturated heterocycles. The Bertz CT molecular complexity index is 206. The maximum atomic E-state index is 11.7. The summed E-state index contributed by atoms with van der Waals surface area (Å²) in [7, 11) is 0. The molecule has 0 atom stereocenters. The van der Waals surface area contributed by atoms with E-state index in [9.17, 15) is 18.0 Å². The second-order valence-corrected chi connectivity index (χ2v) is 2.47. The van der Waals surface area contributed by atoms with Crippen LogP contribution in [0, 0.1) is 0 Å². The number of hydrogen-bond donors (Lipinski definition) is 0. The van der Waals surface area contributed by atoms with Crippen molar-refractivity contribution >= 4 is 5.78 Å². The van der Waals surface area contributed by atoms with Crippen molar-refractivity contribution in [2.24, 2.45) is 0 Å². The van der Waals surface area contributed by atoms with Crippen molar-refractivity contribution in [1.29, 1.82) is 0 Å². The Morgan fingerprint density at radius 2 is 2.00 bits per heavy atom. The van der Waals surface area contributed by atoms with Crippen molar-refractivity contribution in [1.82, 2.24) is 0 Å². The molecule has 0 saturated carbocycles. The number of hydrogen-bond acceptors (Lipinski definition) is 2. The number of allylic oxidation sites excluding steroid dienone is 2. The van der Waals surface area contributed by atoms with Crippen LogP contribution in [0.3, 0.4) is 0 Å². The molecule has 0 fully saturated rings. The van der Waals surface area contributed by atoms with Crippen LogP contribution >= 0.6 is 0 Å². The molecule has 5 heteroatoms. The van der Waals surface area contributed by atoms with E-state index in [-0.39, 0.29) is 5.76 Å². The molecule has 0 rings (SSSR count). The Kier molecular flexibility index (Phi) is 4.51. The van der Waals surface area contributed by atoms with Gasteiger partial charge in [0.05, 0.1) is 12.4 Å². The molecule has 0 aromatic carbocycles. The van der Waals surface area contributed by atoms with E-state index in [1.165, 1.54) is 6.92 Å². The maximum Gasteiger partial charge on any atom is 0.454 e. The fourth-order valence-corrected chi connectivity index (χ4v) is 0.571. The summed E-state index contributed by atoms with van der Waals surface area (Å²) >= 11 is 0. The van der Waals surface area contributed by atoms with Crippen molar-refractivity contribution in [3.8, 4) is 0 Å². The van der Waals surface area contributed by atoms with E-state index < -0.39 is 12.0 Å². The van der Waals surface area contributed by atoms with E-state index in [1.54, 1.807) is 0 Å². The fraction of sp³-hybridized carbons (Fsp3) is 0.625. The summed E-state index contributed by atoms with van der Waals surface area (Å²) in [5.74, 6) is -1.90. The second-order valence-electron chi connectivity index (χ2n) is 2.47. The zero-order valence-corrected chi connectivity index (χ0v) is 7.44. The van der Waals surface area contributed by atoms with Gasteiger partial charge in [-0.25, -0.2) is 0 Å². The molecule has 76 valence electrons. The van der Waals surface area contributed by atoms with Gasteiger partial charge in [-0.2, -0.15) is 13.2 Å². The monoisotopic (exact) mass is 196 g/mol. The van der Waals surface area contributed by atoms with Gasteiger partial charge in [0, 0.05) is 6.08 Å². The van der Waals surface area contributed by atoms with Gasteiger partial charge in [-0.3, -0.25) is 4.79 Å². The molecule has 0 bridgehead atoms. The number of ketones is 1. The predicted octanol–water partition coefficient (Wildman–Crippen LogP) is 2.45. The summed E-state index contributed by atoms with van der Waals surface area (Å²) in [5, 5.41) is 0. The van der Waals surface area contributed by atoms with Gasteiger partial charge in [0.25, 0.3) is 5.78 Å². The molecule has 0 radical (unpaired) electrons. The highest BCUT2D eigenvalue weighted by molar-refractivity contribution is 5.94. The van der Waals surface area contributed by atoms with Crippen molar-refractivity contribution in [2.75, 3.05) is 6.61 Å². The van der Waals surface area contributed by atoms with E-state index >= 15 is 0 Å². The minimum Gasteiger partial charge on any atom is -0.498 e. The van der Waals surface area contributed by atoms with E-state index in [0.29, 0.717) is 19.1 Å². The standard InChI is InChI=1S/C8H11F3O2/c1-3-4-13-6(2)5-7(12)8(9,10)11/h5H,3-4H2,1-2H3. The molecule has 0 unspecified atom stereocenters. The van der Waals surface area contributed by atoms with Crippen LogP contribution in [0.2, 0.25) is 0 Å². The van der Waals surface area contributed by atoms with Crippen molar-refractivity contribution in [3.05, 3.63) is 11.8 Å². The van der Waals surface area contributed by atoms with Crippen molar-refractivity contribution in [3.63, 3.8) is 0 Å². The number of rotatable bonds is 4. The minimum absolute atomic E-state index is 0.0100. The van der Waals surface area contributed by atoms with Crippen LogP contribution in [-0.4, -0.2) is 18.6 Å². The van der Waals surface area contributed by atoms with Gasteiger partial charge in [-0.15, -0.1) is 0 Å². The molecule has 0 aromatic rings. The smallest absolute Gasteiger partial charge is 0.454 e. The van der Waals surface area contributed by atoms with Crippen molar-refractivity contribution < 1.29 is 22.7 Å². The van der Waals surface area contributed by atoms with Gasteiger partial charge in [0.1, 0.15) is 0 Å². The third-order valence-electron chi connectivity index (χ3n) is 1.15. The number of carbonyl (C=O) groups is 1. The Hall–Kier alpha value is -1.00. The molecular formula is C8H11F3O2. The number of alkyl halides is 3. The third-order valence-corrected chi connectivity index (χ3v) is 1.15. The van der Waals surface area contributed by atoms with Crippen LogP contribution in [0.4, 0.5) is 13.2 Å². The van der Waals surface area contributed by atoms with Gasteiger partial charge in [-0.05, 0) is 13.3 Å². The first-order valence-electron chi connectivity index (χ1n) is 3.80. The molecule has 0 spiro atoms. The van der Waals surface area contributed by atoms with Gasteiger partial charge >= 0.3 is 6.18 Å². The van der Waals surface area contributed by atoms with E-state index in [1.807, 2.05) is 6.92 Å². The summed E-state index contributed by atoms with van der Waals surface area (Å²) in [6.45, 7) is 3.45. The summed E-state index contributed by atoms with van der Waals surface area (Å²) in [5.41, 5.74) is 0. The number of halogens is 3. The highest BCUT2D eigenvalue weighted by Crippen LogP contribution is 2.17. The van der Waals surface area contributed by atoms with Crippen LogP contribution in [0.1, 0.15) is 20.3 Å². The maximum absolute atomic E-state index is 11.7. The highest BCUT2D eigenvalue weighted by atomic mass is 19.4. The molecule has 0 aliphatic heterocycles. The molecule has 2 nitrogen and oxygen atoms in total. The average Bonchev–Trinajstić information content (AvgIpc) is 1.99. The van der Waals surface area contributed by atoms with Crippen LogP contribution in [-0.2, 0) is 9.53 Å². The minimum atomic E-state index is -4.81. The normalized spacial score (nSPS) is 12.8. The lowest BCUT2D eigenvalue weighted by Gasteiger charge is -2.05. The first-order chi connectivity index (χ1) is 5.88. The number of carbonyl (C=O) groups excluding carboxylic acids is 1. The Labute approximate surface area is 74.4 Å². The Morgan fingerprint density at radius 3 is 2.38 bits per heavy atom. The lowest BCUT2D eigenvalue weighted by Crippen LogP contribution is -2.20. The fourth-order valence-electron chi connectivity index (χ4n) is 0.571. The van der Waals surface area contributed by atoms with Crippen LogP contribution in [0.5, 0.6) is 0 Å². The largest absolute Gasteiger partial charge is 0.498 e. The molecule has 13 heavy (non-hydrogen) atoms. The first kappa shape index (κ1) is 12.0. The van der Waals surface area contributed by atoms with Gasteiger partial charge in [0.15, 0.2) is 0 Å². The summed E-state index contributed by atoms with van der Waals surface area (Å²) in [4.78, 5) is 10.4. The van der Waals surface area contributed by atoms with E-state index in [0.717, 1.165) is 0 Å². The van der Waals surface area contributed by atoms with Gasteiger partial charge in [-0.1, -0.05) is 6.92 Å². The quantitative estimate of drug-likeness (QED) is 0.510.